The molecule has 8 heavy (non-hydrogen) atoms. The molecule has 0 bridgehead atoms. The van der Waals surface area contributed by atoms with Crippen LogP contribution in [-0.4, -0.2) is 26.1 Å². The molecule has 1 unspecified atom stereocenters. The van der Waals surface area contributed by atoms with Crippen molar-refractivity contribution in [2.24, 2.45) is 0 Å². The van der Waals surface area contributed by atoms with Gasteiger partial charge in [0, 0.05) is 12.6 Å². The molecule has 0 aromatic heterocycles. The molecule has 0 aliphatic rings. The Balaban J connectivity index is 2.86. The minimum absolute atomic E-state index is 0.315. The minimum atomic E-state index is 0.315. The van der Waals surface area contributed by atoms with Crippen molar-refractivity contribution in [3.05, 3.63) is 0 Å². The summed E-state index contributed by atoms with van der Waals surface area (Å²) in [6.45, 7) is 4.89. The average Bonchev–Trinajstić information content (AvgIpc) is 1.83. The summed E-state index contributed by atoms with van der Waals surface area (Å²) in [6, 6.07) is 0.315. The van der Waals surface area contributed by atoms with Crippen molar-refractivity contribution in [1.82, 2.24) is 0 Å². The molecule has 47 valence electrons. The van der Waals surface area contributed by atoms with Crippen LogP contribution in [0.3, 0.4) is 0 Å². The quantitative estimate of drug-likeness (QED) is 0.408. The third-order valence-electron chi connectivity index (χ3n) is 0.968. The SMILES string of the molecule is C[B][C@@H](C)OCCP. The summed E-state index contributed by atoms with van der Waals surface area (Å²) in [7, 11) is 4.67. The van der Waals surface area contributed by atoms with Crippen LogP contribution in [0.2, 0.25) is 6.82 Å². The maximum atomic E-state index is 5.26. The van der Waals surface area contributed by atoms with Crippen molar-refractivity contribution >= 4 is 16.5 Å². The molecule has 0 aromatic carbocycles. The third-order valence-corrected chi connectivity index (χ3v) is 1.20. The predicted molar refractivity (Wildman–Crippen MR) is 41.6 cm³/mol. The second-order valence-electron chi connectivity index (χ2n) is 1.70. The maximum Gasteiger partial charge on any atom is 0.145 e. The fourth-order valence-electron chi connectivity index (χ4n) is 0.350. The Bertz CT molecular complexity index is 51.7. The second-order valence-corrected chi connectivity index (χ2v) is 2.28. The first-order chi connectivity index (χ1) is 3.81. The molecule has 0 N–H and O–H groups in total. The predicted octanol–water partition coefficient (Wildman–Crippen LogP) is 0.976. The Labute approximate surface area is 54.6 Å². The normalized spacial score (nSPS) is 13.4. The molecule has 0 saturated heterocycles. The fourth-order valence-corrected chi connectivity index (χ4v) is 0.486. The Hall–Kier alpha value is 0.455. The Morgan fingerprint density at radius 2 is 2.38 bits per heavy atom. The highest BCUT2D eigenvalue weighted by Crippen LogP contribution is 1.89. The molecule has 1 radical (unpaired) electrons. The first-order valence-electron chi connectivity index (χ1n) is 2.92. The first kappa shape index (κ1) is 8.45. The zero-order chi connectivity index (χ0) is 6.41. The van der Waals surface area contributed by atoms with Crippen molar-refractivity contribution in [3.63, 3.8) is 0 Å². The third kappa shape index (κ3) is 4.61. The largest absolute Gasteiger partial charge is 0.387 e. The van der Waals surface area contributed by atoms with Crippen molar-refractivity contribution in [3.8, 4) is 0 Å². The van der Waals surface area contributed by atoms with Gasteiger partial charge in [0.15, 0.2) is 0 Å². The van der Waals surface area contributed by atoms with E-state index in [1.807, 2.05) is 21.0 Å². The summed E-state index contributed by atoms with van der Waals surface area (Å²) in [4.78, 5) is 0. The number of hydrogen-bond donors (Lipinski definition) is 0. The van der Waals surface area contributed by atoms with Crippen LogP contribution in [0.5, 0.6) is 0 Å². The van der Waals surface area contributed by atoms with Crippen LogP contribution in [0.25, 0.3) is 0 Å². The molecule has 0 aromatic rings. The van der Waals surface area contributed by atoms with E-state index in [1.165, 1.54) is 0 Å². The van der Waals surface area contributed by atoms with Crippen molar-refractivity contribution in [2.45, 2.75) is 19.8 Å². The van der Waals surface area contributed by atoms with Crippen LogP contribution in [0, 0.1) is 0 Å². The molecule has 0 rings (SSSR count). The number of ether oxygens (including phenoxy) is 1. The molecular formula is C5H13BOP. The van der Waals surface area contributed by atoms with Crippen molar-refractivity contribution < 1.29 is 4.74 Å². The zero-order valence-corrected chi connectivity index (χ0v) is 6.71. The molecule has 0 aliphatic carbocycles. The topological polar surface area (TPSA) is 9.23 Å². The Kier molecular flexibility index (Phi) is 5.91. The van der Waals surface area contributed by atoms with E-state index in [-0.39, 0.29) is 0 Å². The van der Waals surface area contributed by atoms with Gasteiger partial charge in [-0.2, -0.15) is 0 Å². The van der Waals surface area contributed by atoms with E-state index >= 15 is 0 Å². The number of rotatable bonds is 4. The van der Waals surface area contributed by atoms with Gasteiger partial charge in [-0.05, 0) is 13.1 Å². The smallest absolute Gasteiger partial charge is 0.145 e. The lowest BCUT2D eigenvalue weighted by Crippen LogP contribution is -2.14. The first-order valence-corrected chi connectivity index (χ1v) is 3.74. The molecule has 1 nitrogen and oxygen atoms in total. The fraction of sp³-hybridized carbons (Fsp3) is 1.00. The second kappa shape index (κ2) is 5.59. The molecule has 2 atom stereocenters. The van der Waals surface area contributed by atoms with Gasteiger partial charge in [-0.25, -0.2) is 0 Å². The van der Waals surface area contributed by atoms with E-state index in [1.54, 1.807) is 0 Å². The zero-order valence-electron chi connectivity index (χ0n) is 5.55. The van der Waals surface area contributed by atoms with Gasteiger partial charge in [0.1, 0.15) is 7.28 Å². The number of hydrogen-bond acceptors (Lipinski definition) is 1. The Morgan fingerprint density at radius 1 is 1.75 bits per heavy atom. The molecule has 0 aliphatic heterocycles. The van der Waals surface area contributed by atoms with Gasteiger partial charge in [-0.3, -0.25) is 0 Å². The average molecular weight is 131 g/mol. The highest BCUT2D eigenvalue weighted by molar-refractivity contribution is 7.16. The van der Waals surface area contributed by atoms with E-state index in [4.69, 9.17) is 4.74 Å². The van der Waals surface area contributed by atoms with Crippen molar-refractivity contribution in [2.75, 3.05) is 12.8 Å². The molecule has 0 spiro atoms. The van der Waals surface area contributed by atoms with E-state index in [0.717, 1.165) is 12.8 Å². The van der Waals surface area contributed by atoms with Crippen LogP contribution < -0.4 is 0 Å². The van der Waals surface area contributed by atoms with E-state index < -0.39 is 0 Å². The summed E-state index contributed by atoms with van der Waals surface area (Å²) >= 11 is 0. The molecule has 3 heteroatoms. The van der Waals surface area contributed by atoms with Crippen LogP contribution in [0.4, 0.5) is 0 Å². The maximum absolute atomic E-state index is 5.26. The van der Waals surface area contributed by atoms with Gasteiger partial charge in [0.2, 0.25) is 0 Å². The highest BCUT2D eigenvalue weighted by atomic mass is 31.0. The summed E-state index contributed by atoms with van der Waals surface area (Å²) in [5.41, 5.74) is 0. The van der Waals surface area contributed by atoms with Gasteiger partial charge in [-0.1, -0.05) is 6.82 Å². The van der Waals surface area contributed by atoms with Gasteiger partial charge in [0.25, 0.3) is 0 Å². The van der Waals surface area contributed by atoms with Crippen LogP contribution >= 0.6 is 9.24 Å². The van der Waals surface area contributed by atoms with E-state index in [2.05, 4.69) is 9.24 Å². The van der Waals surface area contributed by atoms with Gasteiger partial charge < -0.3 is 4.74 Å². The molecule has 0 amide bonds. The lowest BCUT2D eigenvalue weighted by molar-refractivity contribution is 0.132. The molecule has 0 saturated carbocycles. The standard InChI is InChI=1S/C5H13BOP/c1-5(6-2)7-3-4-8/h5H,3-4,8H2,1-2H3/t5-/m1/s1. The van der Waals surface area contributed by atoms with Crippen LogP contribution in [0.15, 0.2) is 0 Å². The summed E-state index contributed by atoms with van der Waals surface area (Å²) in [5.74, 6) is 0. The van der Waals surface area contributed by atoms with Crippen LogP contribution in [-0.2, 0) is 4.74 Å². The lowest BCUT2D eigenvalue weighted by Gasteiger charge is -2.06. The molecular weight excluding hydrogens is 118 g/mol. The van der Waals surface area contributed by atoms with Crippen LogP contribution in [0.1, 0.15) is 6.92 Å². The van der Waals surface area contributed by atoms with Gasteiger partial charge in [-0.15, -0.1) is 9.24 Å². The van der Waals surface area contributed by atoms with Crippen molar-refractivity contribution in [1.29, 1.82) is 0 Å². The monoisotopic (exact) mass is 131 g/mol. The highest BCUT2D eigenvalue weighted by Gasteiger charge is 1.95. The summed E-state index contributed by atoms with van der Waals surface area (Å²) in [5, 5.41) is 0. The van der Waals surface area contributed by atoms with E-state index in [0.29, 0.717) is 6.00 Å². The summed E-state index contributed by atoms with van der Waals surface area (Å²) < 4.78 is 5.26. The lowest BCUT2D eigenvalue weighted by atomic mass is 9.76. The van der Waals surface area contributed by atoms with Gasteiger partial charge >= 0.3 is 0 Å². The van der Waals surface area contributed by atoms with Gasteiger partial charge in [0.05, 0.1) is 0 Å². The molecule has 0 heterocycles. The Morgan fingerprint density at radius 3 is 2.75 bits per heavy atom. The van der Waals surface area contributed by atoms with E-state index in [9.17, 15) is 0 Å². The summed E-state index contributed by atoms with van der Waals surface area (Å²) in [6.07, 6.45) is 1.03. The minimum Gasteiger partial charge on any atom is -0.387 e. The molecule has 0 fully saturated rings.